The lowest BCUT2D eigenvalue weighted by molar-refractivity contribution is 0.500. The lowest BCUT2D eigenvalue weighted by Crippen LogP contribution is -1.91. The van der Waals surface area contributed by atoms with E-state index in [0.29, 0.717) is 16.5 Å². The summed E-state index contributed by atoms with van der Waals surface area (Å²) >= 11 is 0. The predicted octanol–water partition coefficient (Wildman–Crippen LogP) is 7.05. The van der Waals surface area contributed by atoms with Crippen molar-refractivity contribution in [2.75, 3.05) is 0 Å². The summed E-state index contributed by atoms with van der Waals surface area (Å²) in [6, 6.07) is 15.1. The molecule has 1 aromatic heterocycles. The molecule has 4 aromatic rings. The van der Waals surface area contributed by atoms with E-state index in [0.717, 1.165) is 35.8 Å². The minimum Gasteiger partial charge on any atom is -0.453 e. The highest BCUT2D eigenvalue weighted by Gasteiger charge is 2.21. The summed E-state index contributed by atoms with van der Waals surface area (Å²) in [6.45, 7) is 4.15. The van der Waals surface area contributed by atoms with Crippen LogP contribution in [0.25, 0.3) is 33.1 Å². The van der Waals surface area contributed by atoms with Crippen LogP contribution in [-0.4, -0.2) is 0 Å². The molecule has 0 unspecified atom stereocenters. The average Bonchev–Trinajstić information content (AvgIpc) is 3.05. The van der Waals surface area contributed by atoms with Crippen molar-refractivity contribution in [3.63, 3.8) is 0 Å². The van der Waals surface area contributed by atoms with Crippen LogP contribution in [0.3, 0.4) is 0 Å². The first-order chi connectivity index (χ1) is 12.6. The Morgan fingerprint density at radius 2 is 1.62 bits per heavy atom. The van der Waals surface area contributed by atoms with Crippen LogP contribution in [0.5, 0.6) is 0 Å². The van der Waals surface area contributed by atoms with E-state index in [4.69, 9.17) is 4.42 Å². The first-order valence-corrected chi connectivity index (χ1v) is 9.05. The molecule has 3 aromatic carbocycles. The summed E-state index contributed by atoms with van der Waals surface area (Å²) < 4.78 is 35.3. The summed E-state index contributed by atoms with van der Waals surface area (Å²) in [5.74, 6) is -1.78. The third-order valence-electron chi connectivity index (χ3n) is 4.95. The SMILES string of the molecule is CCCc1cccc2c1oc1c(F)c(F)c(-c3ccc(CC)cc3)cc12. The zero-order chi connectivity index (χ0) is 18.3. The molecule has 4 rings (SSSR count). The molecule has 0 saturated carbocycles. The summed E-state index contributed by atoms with van der Waals surface area (Å²) in [4.78, 5) is 0. The van der Waals surface area contributed by atoms with E-state index in [-0.39, 0.29) is 11.1 Å². The Morgan fingerprint density at radius 3 is 2.31 bits per heavy atom. The average molecular weight is 350 g/mol. The third kappa shape index (κ3) is 2.59. The number of aryl methyl sites for hydroxylation is 2. The van der Waals surface area contributed by atoms with Gasteiger partial charge in [-0.25, -0.2) is 4.39 Å². The fraction of sp³-hybridized carbons (Fsp3) is 0.217. The molecule has 26 heavy (non-hydrogen) atoms. The van der Waals surface area contributed by atoms with E-state index < -0.39 is 11.6 Å². The van der Waals surface area contributed by atoms with E-state index in [9.17, 15) is 8.78 Å². The van der Waals surface area contributed by atoms with Crippen molar-refractivity contribution in [1.82, 2.24) is 0 Å². The fourth-order valence-corrected chi connectivity index (χ4v) is 3.53. The summed E-state index contributed by atoms with van der Waals surface area (Å²) in [6.07, 6.45) is 2.71. The summed E-state index contributed by atoms with van der Waals surface area (Å²) in [5.41, 5.74) is 3.76. The van der Waals surface area contributed by atoms with Gasteiger partial charge in [-0.05, 0) is 35.6 Å². The smallest absolute Gasteiger partial charge is 0.202 e. The lowest BCUT2D eigenvalue weighted by atomic mass is 9.99. The van der Waals surface area contributed by atoms with Crippen LogP contribution < -0.4 is 0 Å². The lowest BCUT2D eigenvalue weighted by Gasteiger charge is -2.06. The van der Waals surface area contributed by atoms with E-state index in [1.54, 1.807) is 6.07 Å². The molecule has 0 radical (unpaired) electrons. The van der Waals surface area contributed by atoms with Gasteiger partial charge in [0.05, 0.1) is 0 Å². The number of furan rings is 1. The van der Waals surface area contributed by atoms with Gasteiger partial charge in [-0.15, -0.1) is 0 Å². The van der Waals surface area contributed by atoms with Crippen LogP contribution >= 0.6 is 0 Å². The van der Waals surface area contributed by atoms with E-state index in [1.165, 1.54) is 0 Å². The Labute approximate surface area is 151 Å². The topological polar surface area (TPSA) is 13.1 Å². The molecule has 0 bridgehead atoms. The molecule has 0 amide bonds. The van der Waals surface area contributed by atoms with Gasteiger partial charge in [0.2, 0.25) is 5.82 Å². The fourth-order valence-electron chi connectivity index (χ4n) is 3.53. The molecule has 3 heteroatoms. The monoisotopic (exact) mass is 350 g/mol. The molecular weight excluding hydrogens is 330 g/mol. The van der Waals surface area contributed by atoms with Crippen LogP contribution in [0.4, 0.5) is 8.78 Å². The number of rotatable bonds is 4. The van der Waals surface area contributed by atoms with Gasteiger partial charge < -0.3 is 4.42 Å². The Bertz CT molecular complexity index is 1090. The van der Waals surface area contributed by atoms with Crippen LogP contribution in [0.15, 0.2) is 52.9 Å². The zero-order valence-corrected chi connectivity index (χ0v) is 14.9. The van der Waals surface area contributed by atoms with Gasteiger partial charge in [-0.2, -0.15) is 4.39 Å². The molecule has 0 N–H and O–H groups in total. The van der Waals surface area contributed by atoms with Gasteiger partial charge in [0.25, 0.3) is 0 Å². The number of hydrogen-bond acceptors (Lipinski definition) is 1. The van der Waals surface area contributed by atoms with Crippen molar-refractivity contribution in [2.24, 2.45) is 0 Å². The van der Waals surface area contributed by atoms with Crippen LogP contribution in [0.2, 0.25) is 0 Å². The second kappa shape index (κ2) is 6.56. The van der Waals surface area contributed by atoms with Crippen molar-refractivity contribution >= 4 is 21.9 Å². The molecule has 0 fully saturated rings. The maximum Gasteiger partial charge on any atom is 0.202 e. The molecule has 1 nitrogen and oxygen atoms in total. The van der Waals surface area contributed by atoms with Crippen molar-refractivity contribution in [3.05, 3.63) is 71.3 Å². The number of halogens is 2. The predicted molar refractivity (Wildman–Crippen MR) is 102 cm³/mol. The molecule has 0 atom stereocenters. The summed E-state index contributed by atoms with van der Waals surface area (Å²) in [5, 5.41) is 1.45. The number of para-hydroxylation sites is 1. The maximum absolute atomic E-state index is 14.8. The second-order valence-electron chi connectivity index (χ2n) is 6.63. The Kier molecular flexibility index (Phi) is 4.23. The van der Waals surface area contributed by atoms with Gasteiger partial charge in [0.15, 0.2) is 11.4 Å². The molecule has 0 saturated heterocycles. The molecule has 0 aliphatic heterocycles. The third-order valence-corrected chi connectivity index (χ3v) is 4.95. The van der Waals surface area contributed by atoms with Crippen LogP contribution in [-0.2, 0) is 12.8 Å². The number of hydrogen-bond donors (Lipinski definition) is 0. The van der Waals surface area contributed by atoms with Crippen molar-refractivity contribution in [2.45, 2.75) is 33.1 Å². The minimum atomic E-state index is -0.921. The highest BCUT2D eigenvalue weighted by atomic mass is 19.2. The van der Waals surface area contributed by atoms with E-state index in [2.05, 4.69) is 13.8 Å². The minimum absolute atomic E-state index is 0.00465. The van der Waals surface area contributed by atoms with Gasteiger partial charge in [-0.1, -0.05) is 62.7 Å². The first kappa shape index (κ1) is 16.8. The largest absolute Gasteiger partial charge is 0.453 e. The van der Waals surface area contributed by atoms with Crippen molar-refractivity contribution in [1.29, 1.82) is 0 Å². The highest BCUT2D eigenvalue weighted by Crippen LogP contribution is 2.37. The highest BCUT2D eigenvalue weighted by molar-refractivity contribution is 6.07. The normalized spacial score (nSPS) is 11.5. The van der Waals surface area contributed by atoms with E-state index >= 15 is 0 Å². The van der Waals surface area contributed by atoms with Gasteiger partial charge >= 0.3 is 0 Å². The first-order valence-electron chi connectivity index (χ1n) is 9.05. The van der Waals surface area contributed by atoms with Crippen LogP contribution in [0, 0.1) is 11.6 Å². The Morgan fingerprint density at radius 1 is 0.846 bits per heavy atom. The summed E-state index contributed by atoms with van der Waals surface area (Å²) in [7, 11) is 0. The molecular formula is C23H20F2O. The molecule has 0 aliphatic carbocycles. The molecule has 132 valence electrons. The second-order valence-corrected chi connectivity index (χ2v) is 6.63. The maximum atomic E-state index is 14.8. The van der Waals surface area contributed by atoms with Gasteiger partial charge in [-0.3, -0.25) is 0 Å². The van der Waals surface area contributed by atoms with Crippen LogP contribution in [0.1, 0.15) is 31.4 Å². The molecule has 0 spiro atoms. The number of benzene rings is 3. The Hall–Kier alpha value is -2.68. The van der Waals surface area contributed by atoms with Crippen molar-refractivity contribution in [3.8, 4) is 11.1 Å². The van der Waals surface area contributed by atoms with Crippen molar-refractivity contribution < 1.29 is 13.2 Å². The van der Waals surface area contributed by atoms with E-state index in [1.807, 2.05) is 42.5 Å². The van der Waals surface area contributed by atoms with Gasteiger partial charge in [0.1, 0.15) is 5.58 Å². The molecule has 0 aliphatic rings. The number of fused-ring (bicyclic) bond motifs is 3. The standard InChI is InChI=1S/C23H20F2O/c1-3-6-16-7-5-8-17-19-13-18(15-11-9-14(4-2)10-12-15)20(24)21(25)23(19)26-22(16)17/h5,7-13H,3-4,6H2,1-2H3. The quantitative estimate of drug-likeness (QED) is 0.384. The van der Waals surface area contributed by atoms with Gasteiger partial charge in [0, 0.05) is 16.3 Å². The Balaban J connectivity index is 1.99. The zero-order valence-electron chi connectivity index (χ0n) is 14.9. The molecule has 1 heterocycles.